The van der Waals surface area contributed by atoms with Crippen LogP contribution < -0.4 is 10.6 Å². The van der Waals surface area contributed by atoms with Crippen LogP contribution in [-0.2, 0) is 19.4 Å². The molecule has 1 fully saturated rings. The molecular formula is C13H18N2O4S. The van der Waals surface area contributed by atoms with E-state index in [4.69, 9.17) is 4.74 Å². The highest BCUT2D eigenvalue weighted by Crippen LogP contribution is 2.20. The van der Waals surface area contributed by atoms with E-state index in [0.29, 0.717) is 12.1 Å². The standard InChI is InChI=1S/C13H18N2O4S/c1-19-8-13(16)15-11-4-2-3-10(7-11)14-12-5-6-20(17,18)9-12/h2-4,7,12,14H,5-6,8-9H2,1H3,(H,15,16). The Bertz CT molecular complexity index is 586. The van der Waals surface area contributed by atoms with Crippen molar-refractivity contribution in [3.8, 4) is 0 Å². The molecule has 1 heterocycles. The summed E-state index contributed by atoms with van der Waals surface area (Å²) in [4.78, 5) is 11.4. The maximum absolute atomic E-state index is 11.4. The van der Waals surface area contributed by atoms with Gasteiger partial charge in [0.1, 0.15) is 6.61 Å². The third kappa shape index (κ3) is 4.21. The maximum Gasteiger partial charge on any atom is 0.250 e. The van der Waals surface area contributed by atoms with Crippen molar-refractivity contribution in [1.29, 1.82) is 0 Å². The Morgan fingerprint density at radius 1 is 1.40 bits per heavy atom. The SMILES string of the molecule is COCC(=O)Nc1cccc(NC2CCS(=O)(=O)C2)c1. The average molecular weight is 298 g/mol. The summed E-state index contributed by atoms with van der Waals surface area (Å²) in [6, 6.07) is 7.12. The molecule has 6 nitrogen and oxygen atoms in total. The van der Waals surface area contributed by atoms with Gasteiger partial charge in [-0.3, -0.25) is 4.79 Å². The van der Waals surface area contributed by atoms with Crippen molar-refractivity contribution in [2.24, 2.45) is 0 Å². The molecule has 1 aromatic rings. The molecule has 0 aliphatic carbocycles. The van der Waals surface area contributed by atoms with E-state index in [0.717, 1.165) is 5.69 Å². The largest absolute Gasteiger partial charge is 0.381 e. The van der Waals surface area contributed by atoms with Crippen molar-refractivity contribution >= 4 is 27.1 Å². The minimum Gasteiger partial charge on any atom is -0.381 e. The van der Waals surface area contributed by atoms with Gasteiger partial charge in [-0.05, 0) is 24.6 Å². The van der Waals surface area contributed by atoms with Crippen LogP contribution in [0.1, 0.15) is 6.42 Å². The third-order valence-electron chi connectivity index (χ3n) is 3.02. The number of rotatable bonds is 5. The Morgan fingerprint density at radius 3 is 2.80 bits per heavy atom. The summed E-state index contributed by atoms with van der Waals surface area (Å²) in [5.41, 5.74) is 1.44. The summed E-state index contributed by atoms with van der Waals surface area (Å²) in [5.74, 6) is 0.162. The molecule has 20 heavy (non-hydrogen) atoms. The van der Waals surface area contributed by atoms with E-state index in [9.17, 15) is 13.2 Å². The van der Waals surface area contributed by atoms with Crippen LogP contribution in [0, 0.1) is 0 Å². The highest BCUT2D eigenvalue weighted by molar-refractivity contribution is 7.91. The first-order chi connectivity index (χ1) is 9.48. The summed E-state index contributed by atoms with van der Waals surface area (Å²) in [6.07, 6.45) is 0.614. The van der Waals surface area contributed by atoms with Crippen molar-refractivity contribution in [2.75, 3.05) is 35.9 Å². The molecule has 1 unspecified atom stereocenters. The summed E-state index contributed by atoms with van der Waals surface area (Å²) >= 11 is 0. The molecule has 1 atom stereocenters. The van der Waals surface area contributed by atoms with Crippen molar-refractivity contribution < 1.29 is 17.9 Å². The number of benzene rings is 1. The Kier molecular flexibility index (Phi) is 4.61. The predicted molar refractivity (Wildman–Crippen MR) is 77.6 cm³/mol. The van der Waals surface area contributed by atoms with Gasteiger partial charge in [-0.1, -0.05) is 6.07 Å². The number of hydrogen-bond donors (Lipinski definition) is 2. The monoisotopic (exact) mass is 298 g/mol. The molecule has 110 valence electrons. The minimum atomic E-state index is -2.90. The number of nitrogens with one attached hydrogen (secondary N) is 2. The van der Waals surface area contributed by atoms with Gasteiger partial charge in [0.25, 0.3) is 0 Å². The van der Waals surface area contributed by atoms with E-state index in [2.05, 4.69) is 10.6 Å². The van der Waals surface area contributed by atoms with Crippen LogP contribution in [0.3, 0.4) is 0 Å². The van der Waals surface area contributed by atoms with Gasteiger partial charge in [0, 0.05) is 24.5 Å². The van der Waals surface area contributed by atoms with Crippen molar-refractivity contribution in [3.05, 3.63) is 24.3 Å². The lowest BCUT2D eigenvalue weighted by Gasteiger charge is -2.13. The number of amides is 1. The first kappa shape index (κ1) is 14.8. The first-order valence-corrected chi connectivity index (χ1v) is 8.16. The molecule has 1 aliphatic rings. The van der Waals surface area contributed by atoms with E-state index in [-0.39, 0.29) is 30.1 Å². The molecule has 1 saturated heterocycles. The minimum absolute atomic E-state index is 0.00146. The number of methoxy groups -OCH3 is 1. The summed E-state index contributed by atoms with van der Waals surface area (Å²) in [6.45, 7) is -0.00146. The molecule has 2 N–H and O–H groups in total. The zero-order valence-electron chi connectivity index (χ0n) is 11.3. The topological polar surface area (TPSA) is 84.5 Å². The highest BCUT2D eigenvalue weighted by Gasteiger charge is 2.27. The van der Waals surface area contributed by atoms with Gasteiger partial charge >= 0.3 is 0 Å². The normalized spacial score (nSPS) is 20.6. The smallest absolute Gasteiger partial charge is 0.250 e. The molecule has 7 heteroatoms. The number of carbonyl (C=O) groups excluding carboxylic acids is 1. The summed E-state index contributed by atoms with van der Waals surface area (Å²) in [7, 11) is -1.44. The third-order valence-corrected chi connectivity index (χ3v) is 4.79. The maximum atomic E-state index is 11.4. The fourth-order valence-corrected chi connectivity index (χ4v) is 3.83. The van der Waals surface area contributed by atoms with Gasteiger partial charge < -0.3 is 15.4 Å². The van der Waals surface area contributed by atoms with Gasteiger partial charge in [0.15, 0.2) is 9.84 Å². The van der Waals surface area contributed by atoms with Gasteiger partial charge in [-0.25, -0.2) is 8.42 Å². The van der Waals surface area contributed by atoms with Crippen LogP contribution in [0.5, 0.6) is 0 Å². The van der Waals surface area contributed by atoms with E-state index in [1.54, 1.807) is 18.2 Å². The second-order valence-electron chi connectivity index (χ2n) is 4.81. The summed E-state index contributed by atoms with van der Waals surface area (Å²) < 4.78 is 27.6. The van der Waals surface area contributed by atoms with Gasteiger partial charge in [0.05, 0.1) is 11.5 Å². The molecule has 0 bridgehead atoms. The van der Waals surface area contributed by atoms with Crippen LogP contribution >= 0.6 is 0 Å². The zero-order chi connectivity index (χ0) is 14.6. The van der Waals surface area contributed by atoms with Crippen molar-refractivity contribution in [3.63, 3.8) is 0 Å². The van der Waals surface area contributed by atoms with Crippen molar-refractivity contribution in [2.45, 2.75) is 12.5 Å². The summed E-state index contributed by atoms with van der Waals surface area (Å²) in [5, 5.41) is 5.88. The van der Waals surface area contributed by atoms with Gasteiger partial charge in [-0.15, -0.1) is 0 Å². The lowest BCUT2D eigenvalue weighted by molar-refractivity contribution is -0.119. The van der Waals surface area contributed by atoms with Gasteiger partial charge in [0.2, 0.25) is 5.91 Å². The van der Waals surface area contributed by atoms with Crippen LogP contribution in [0.25, 0.3) is 0 Å². The molecule has 1 aromatic carbocycles. The first-order valence-electron chi connectivity index (χ1n) is 6.34. The van der Waals surface area contributed by atoms with Crippen LogP contribution in [0.2, 0.25) is 0 Å². The van der Waals surface area contributed by atoms with E-state index in [1.165, 1.54) is 7.11 Å². The Balaban J connectivity index is 1.98. The van der Waals surface area contributed by atoms with Crippen LogP contribution in [0.15, 0.2) is 24.3 Å². The Labute approximate surface area is 118 Å². The number of ether oxygens (including phenoxy) is 1. The predicted octanol–water partition coefficient (Wildman–Crippen LogP) is 0.870. The number of anilines is 2. The fourth-order valence-electron chi connectivity index (χ4n) is 2.16. The molecule has 2 rings (SSSR count). The molecule has 0 saturated carbocycles. The van der Waals surface area contributed by atoms with E-state index in [1.807, 2.05) is 6.07 Å². The fraction of sp³-hybridized carbons (Fsp3) is 0.462. The molecule has 0 spiro atoms. The van der Waals surface area contributed by atoms with E-state index >= 15 is 0 Å². The molecule has 1 aliphatic heterocycles. The zero-order valence-corrected chi connectivity index (χ0v) is 12.1. The number of hydrogen-bond acceptors (Lipinski definition) is 5. The second-order valence-corrected chi connectivity index (χ2v) is 7.04. The Hall–Kier alpha value is -1.60. The lowest BCUT2D eigenvalue weighted by Crippen LogP contribution is -2.21. The Morgan fingerprint density at radius 2 is 2.15 bits per heavy atom. The molecule has 1 amide bonds. The number of carbonyl (C=O) groups is 1. The quantitative estimate of drug-likeness (QED) is 0.842. The molecule has 0 radical (unpaired) electrons. The average Bonchev–Trinajstić information content (AvgIpc) is 2.69. The highest BCUT2D eigenvalue weighted by atomic mass is 32.2. The molecule has 0 aromatic heterocycles. The second kappa shape index (κ2) is 6.23. The van der Waals surface area contributed by atoms with Crippen LogP contribution in [0.4, 0.5) is 11.4 Å². The molecular weight excluding hydrogens is 280 g/mol. The van der Waals surface area contributed by atoms with Gasteiger partial charge in [-0.2, -0.15) is 0 Å². The van der Waals surface area contributed by atoms with Crippen molar-refractivity contribution in [1.82, 2.24) is 0 Å². The number of sulfone groups is 1. The van der Waals surface area contributed by atoms with Crippen LogP contribution in [-0.4, -0.2) is 45.6 Å². The van der Waals surface area contributed by atoms with E-state index < -0.39 is 9.84 Å². The lowest BCUT2D eigenvalue weighted by atomic mass is 10.2.